The van der Waals surface area contributed by atoms with E-state index in [1.165, 1.54) is 16.2 Å². The van der Waals surface area contributed by atoms with Gasteiger partial charge in [0.15, 0.2) is 0 Å². The molecule has 0 saturated carbocycles. The molecule has 0 bridgehead atoms. The summed E-state index contributed by atoms with van der Waals surface area (Å²) in [6.45, 7) is 14.9. The molecule has 12 aromatic rings. The molecule has 0 aliphatic carbocycles. The fourth-order valence-corrected chi connectivity index (χ4v) is 28.2. The van der Waals surface area contributed by atoms with Crippen LogP contribution in [0.3, 0.4) is 0 Å². The van der Waals surface area contributed by atoms with Gasteiger partial charge in [-0.2, -0.15) is 0 Å². The van der Waals surface area contributed by atoms with Gasteiger partial charge < -0.3 is 0 Å². The van der Waals surface area contributed by atoms with Crippen molar-refractivity contribution < 1.29 is 58.9 Å². The average Bonchev–Trinajstić information content (AvgIpc) is 1.59. The third-order valence-corrected chi connectivity index (χ3v) is 35.9. The van der Waals surface area contributed by atoms with Crippen LogP contribution in [0.4, 0.5) is 0 Å². The van der Waals surface area contributed by atoms with E-state index in [0.717, 1.165) is 145 Å². The fourth-order valence-electron chi connectivity index (χ4n) is 14.9. The molecule has 0 N–H and O–H groups in total. The molecule has 24 heteroatoms. The van der Waals surface area contributed by atoms with E-state index in [0.29, 0.717) is 34.3 Å². The number of fused-ring (bicyclic) bond motifs is 18. The Hall–Kier alpha value is -10.2. The van der Waals surface area contributed by atoms with Crippen LogP contribution in [0.2, 0.25) is 0 Å². The second kappa shape index (κ2) is 32.0. The van der Waals surface area contributed by atoms with Crippen LogP contribution in [0.1, 0.15) is 97.2 Å². The van der Waals surface area contributed by atoms with Crippen LogP contribution in [0.15, 0.2) is 331 Å². The van der Waals surface area contributed by atoms with E-state index in [2.05, 4.69) is 36.4 Å². The lowest BCUT2D eigenvalue weighted by Gasteiger charge is -2.06. The van der Waals surface area contributed by atoms with Gasteiger partial charge >= 0.3 is 0 Å². The van der Waals surface area contributed by atoms with Crippen molar-refractivity contribution in [2.45, 2.75) is 114 Å². The molecule has 14 nitrogen and oxygen atoms in total. The zero-order chi connectivity index (χ0) is 82.2. The quantitative estimate of drug-likeness (QED) is 0.137. The number of hydrogen-bond acceptors (Lipinski definition) is 14. The van der Waals surface area contributed by atoms with E-state index < -0.39 is 104 Å². The first-order valence-electron chi connectivity index (χ1n) is 36.2. The van der Waals surface area contributed by atoms with Gasteiger partial charge in [0.2, 0.25) is 39.3 Å². The largest absolute Gasteiger partial charge is 0.250 e. The normalized spacial score (nSPS) is 19.9. The van der Waals surface area contributed by atoms with Crippen molar-refractivity contribution in [3.63, 3.8) is 0 Å². The summed E-state index contributed by atoms with van der Waals surface area (Å²) in [6.07, 6.45) is 9.36. The third-order valence-electron chi connectivity index (χ3n) is 20.5. The SMILES string of the molecule is CC1=CS(=O)(=O)c2ccccc21.CC1=CS(=O)c2cc3ccccc3cc21.CC1=CS(=O)c2ccc3c(c21)C=CS3=O.CC1=Cc2c(ccc3c2C=CS3=O)S1=O.CC1=Cc2cc3ccccc3cc2S1=O.CC1=Cc2ccccc2S1(=O)=O.Cc1ccc2c(c1)S(=O)(=O)c1ccccc1-2.Cc1cccc2c1S(=O)(=O)c1ccccc1-2. The van der Waals surface area contributed by atoms with Gasteiger partial charge in [-0.05, 0) is 236 Å². The molecule has 10 aliphatic heterocycles. The molecule has 12 aromatic carbocycles. The third kappa shape index (κ3) is 15.1. The predicted octanol–water partition coefficient (Wildman–Crippen LogP) is 20.5. The first-order chi connectivity index (χ1) is 55.3. The Balaban J connectivity index is 0.000000104. The number of benzene rings is 12. The van der Waals surface area contributed by atoms with Gasteiger partial charge in [-0.15, -0.1) is 0 Å². The highest BCUT2D eigenvalue weighted by atomic mass is 32.2. The van der Waals surface area contributed by atoms with Crippen LogP contribution in [-0.2, 0) is 104 Å². The first-order valence-corrected chi connectivity index (χ1v) is 49.4. The molecule has 0 radical (unpaired) electrons. The van der Waals surface area contributed by atoms with Crippen LogP contribution < -0.4 is 0 Å². The van der Waals surface area contributed by atoms with Crippen LogP contribution in [0.25, 0.3) is 90.9 Å². The highest BCUT2D eigenvalue weighted by Crippen LogP contribution is 2.47. The second-order valence-electron chi connectivity index (χ2n) is 28.2. The number of allylic oxidation sites excluding steroid dienone is 6. The summed E-state index contributed by atoms with van der Waals surface area (Å²) in [6, 6.07) is 71.5. The number of aryl methyl sites for hydroxylation is 2. The van der Waals surface area contributed by atoms with E-state index in [-0.39, 0.29) is 0 Å². The summed E-state index contributed by atoms with van der Waals surface area (Å²) >= 11 is 0. The van der Waals surface area contributed by atoms with Crippen molar-refractivity contribution in [3.05, 3.63) is 328 Å². The molecular weight excluding hydrogens is 1650 g/mol. The Morgan fingerprint density at radius 1 is 0.293 bits per heavy atom. The minimum absolute atomic E-state index is 0.426. The maximum atomic E-state index is 12.3. The molecule has 22 rings (SSSR count). The Bertz CT molecular complexity index is 7240. The summed E-state index contributed by atoms with van der Waals surface area (Å²) in [7, 11) is -18.8. The van der Waals surface area contributed by atoms with Gasteiger partial charge in [-0.3, -0.25) is 0 Å². The first kappa shape index (κ1) is 80.9. The lowest BCUT2D eigenvalue weighted by Crippen LogP contribution is -1.98. The molecule has 0 fully saturated rings. The molecule has 0 spiro atoms. The molecule has 0 saturated heterocycles. The van der Waals surface area contributed by atoms with Crippen molar-refractivity contribution in [1.29, 1.82) is 0 Å². The zero-order valence-electron chi connectivity index (χ0n) is 63.5. The molecule has 10 heterocycles. The van der Waals surface area contributed by atoms with Crippen molar-refractivity contribution in [1.82, 2.24) is 0 Å². The van der Waals surface area contributed by atoms with Crippen LogP contribution in [-0.4, -0.2) is 58.9 Å². The standard InChI is InChI=1S/2C13H10O2S.2C13H10OS.2C11H8O2S2.2C9H8O2S/c1-9-5-4-7-11-10-6-2-3-8-12(10)16(14,15)13(9)11;1-9-6-7-11-10-4-2-3-5-12(10)16(14,15)13(11)8-9;1-9-8-15(14)13-7-11-5-3-2-4-10(11)6-12(9)13;1-9-6-12-7-10-4-2-3-5-11(10)8-13(12)15(9)14;1-7-6-9-8-4-5-14(12)10(8)2-3-11(9)15(7)13;1-7-6-15(13)10-3-2-9-8(11(7)10)4-5-14(9)12;1-7-6-12(10,11)9-5-3-2-4-8(7)9;1-7-6-8-4-2-3-5-9(8)12(7,10)11/h2*2-8H,1H3;2*2-8H,1H3;2*2-6H,1H3;2*2-6H,1H3. The smallest absolute Gasteiger partial charge is 0.208 e. The Morgan fingerprint density at radius 2 is 0.776 bits per heavy atom. The van der Waals surface area contributed by atoms with Crippen molar-refractivity contribution >= 4 is 173 Å². The maximum Gasteiger partial charge on any atom is 0.208 e. The molecule has 6 atom stereocenters. The lowest BCUT2D eigenvalue weighted by atomic mass is 10.0. The van der Waals surface area contributed by atoms with Crippen LogP contribution in [0.5, 0.6) is 0 Å². The van der Waals surface area contributed by atoms with Gasteiger partial charge in [-0.25, -0.2) is 58.9 Å². The Morgan fingerprint density at radius 3 is 1.42 bits per heavy atom. The molecule has 116 heavy (non-hydrogen) atoms. The summed E-state index contributed by atoms with van der Waals surface area (Å²) in [4.78, 5) is 10.1. The summed E-state index contributed by atoms with van der Waals surface area (Å²) in [5, 5.41) is 13.0. The zero-order valence-corrected chi connectivity index (χ0v) is 71.7. The Labute approximate surface area is 689 Å². The van der Waals surface area contributed by atoms with Crippen LogP contribution in [0, 0.1) is 13.8 Å². The average molecular weight is 1720 g/mol. The van der Waals surface area contributed by atoms with E-state index in [4.69, 9.17) is 0 Å². The minimum Gasteiger partial charge on any atom is -0.250 e. The van der Waals surface area contributed by atoms with Crippen LogP contribution >= 0.6 is 0 Å². The Kier molecular flexibility index (Phi) is 22.3. The number of sulfone groups is 4. The second-order valence-corrected chi connectivity index (χ2v) is 44.2. The van der Waals surface area contributed by atoms with E-state index in [1.807, 2.05) is 218 Å². The highest BCUT2D eigenvalue weighted by molar-refractivity contribution is 7.96. The summed E-state index contributed by atoms with van der Waals surface area (Å²) in [5.41, 5.74) is 15.8. The molecule has 584 valence electrons. The maximum absolute atomic E-state index is 12.3. The molecule has 0 amide bonds. The topological polar surface area (TPSA) is 239 Å². The molecular formula is C92H72O14S10. The fraction of sp³-hybridized carbons (Fsp3) is 0.0870. The number of hydrogen-bond donors (Lipinski definition) is 0. The van der Waals surface area contributed by atoms with Gasteiger partial charge in [-0.1, -0.05) is 152 Å². The monoisotopic (exact) mass is 1720 g/mol. The summed E-state index contributed by atoms with van der Waals surface area (Å²) in [5.74, 6) is 0. The van der Waals surface area contributed by atoms with E-state index in [1.54, 1.807) is 83.8 Å². The molecule has 0 aromatic heterocycles. The van der Waals surface area contributed by atoms with Gasteiger partial charge in [0, 0.05) is 86.3 Å². The van der Waals surface area contributed by atoms with E-state index >= 15 is 0 Å². The van der Waals surface area contributed by atoms with Gasteiger partial charge in [0.25, 0.3) is 0 Å². The number of rotatable bonds is 0. The lowest BCUT2D eigenvalue weighted by molar-refractivity contribution is 0.596. The van der Waals surface area contributed by atoms with Crippen molar-refractivity contribution in [2.24, 2.45) is 0 Å². The van der Waals surface area contributed by atoms with Gasteiger partial charge in [0.05, 0.1) is 124 Å². The predicted molar refractivity (Wildman–Crippen MR) is 471 cm³/mol. The highest BCUT2D eigenvalue weighted by Gasteiger charge is 2.36. The minimum atomic E-state index is -3.30. The molecule has 10 aliphatic rings. The summed E-state index contributed by atoms with van der Waals surface area (Å²) < 4.78 is 165. The van der Waals surface area contributed by atoms with Crippen molar-refractivity contribution in [2.75, 3.05) is 0 Å². The van der Waals surface area contributed by atoms with Gasteiger partial charge in [0.1, 0.15) is 0 Å². The molecule has 6 unspecified atom stereocenters. The van der Waals surface area contributed by atoms with E-state index in [9.17, 15) is 58.9 Å². The van der Waals surface area contributed by atoms with Crippen molar-refractivity contribution in [3.8, 4) is 22.3 Å².